The summed E-state index contributed by atoms with van der Waals surface area (Å²) >= 11 is 0. The van der Waals surface area contributed by atoms with E-state index in [0.717, 1.165) is 6.61 Å². The highest BCUT2D eigenvalue weighted by Gasteiger charge is 2.24. The molecule has 0 radical (unpaired) electrons. The Kier molecular flexibility index (Phi) is 4.90. The van der Waals surface area contributed by atoms with Crippen LogP contribution in [0.1, 0.15) is 12.8 Å². The third-order valence-electron chi connectivity index (χ3n) is 1.67. The molecule has 0 saturated carbocycles. The van der Waals surface area contributed by atoms with E-state index >= 15 is 0 Å². The van der Waals surface area contributed by atoms with E-state index in [4.69, 9.17) is 4.43 Å². The van der Waals surface area contributed by atoms with Gasteiger partial charge in [-0.05, 0) is 25.6 Å². The van der Waals surface area contributed by atoms with E-state index in [2.05, 4.69) is 13.1 Å². The molecule has 1 aliphatic heterocycles. The van der Waals surface area contributed by atoms with Crippen LogP contribution in [0.5, 0.6) is 0 Å². The van der Waals surface area contributed by atoms with Gasteiger partial charge in [0.05, 0.1) is 7.18 Å². The Morgan fingerprint density at radius 1 is 1.20 bits per heavy atom. The third-order valence-corrected chi connectivity index (χ3v) is 4.21. The summed E-state index contributed by atoms with van der Waals surface area (Å²) < 4.78 is 15.1. The molecular formula is C7H17FOSi. The van der Waals surface area contributed by atoms with Gasteiger partial charge in [-0.25, -0.2) is 0 Å². The fraction of sp³-hybridized carbons (Fsp3) is 1.00. The maximum Gasteiger partial charge on any atom is 0.186 e. The van der Waals surface area contributed by atoms with Crippen LogP contribution in [0.25, 0.3) is 0 Å². The molecule has 1 saturated heterocycles. The summed E-state index contributed by atoms with van der Waals surface area (Å²) in [7, 11) is -0.590. The summed E-state index contributed by atoms with van der Waals surface area (Å²) in [6.45, 7) is 5.62. The Hall–Kier alpha value is 0.107. The van der Waals surface area contributed by atoms with Crippen molar-refractivity contribution in [2.75, 3.05) is 13.8 Å². The second-order valence-corrected chi connectivity index (χ2v) is 7.37. The summed E-state index contributed by atoms with van der Waals surface area (Å²) in [5.41, 5.74) is 0. The monoisotopic (exact) mass is 164 g/mol. The van der Waals surface area contributed by atoms with Gasteiger partial charge in [-0.1, -0.05) is 6.42 Å². The Morgan fingerprint density at radius 2 is 1.80 bits per heavy atom. The number of halogens is 1. The summed E-state index contributed by atoms with van der Waals surface area (Å²) in [5.74, 6) is 0. The van der Waals surface area contributed by atoms with E-state index in [1.54, 1.807) is 0 Å². The van der Waals surface area contributed by atoms with E-state index in [1.807, 2.05) is 0 Å². The fourth-order valence-corrected chi connectivity index (χ4v) is 3.02. The predicted octanol–water partition coefficient (Wildman–Crippen LogP) is 2.59. The van der Waals surface area contributed by atoms with Crippen molar-refractivity contribution in [3.05, 3.63) is 0 Å². The van der Waals surface area contributed by atoms with Gasteiger partial charge in [-0.2, -0.15) is 0 Å². The standard InChI is InChI=1S/C6H14OSi.CH3F/c1-8(2)6-4-3-5-7-8;1-2/h3-6H2,1-2H3;1H3. The second-order valence-electron chi connectivity index (χ2n) is 3.07. The smallest absolute Gasteiger partial charge is 0.186 e. The van der Waals surface area contributed by atoms with Crippen LogP contribution in [0.2, 0.25) is 19.1 Å². The van der Waals surface area contributed by atoms with Crippen molar-refractivity contribution in [2.45, 2.75) is 32.0 Å². The molecule has 0 N–H and O–H groups in total. The Bertz CT molecular complexity index is 77.7. The van der Waals surface area contributed by atoms with Gasteiger partial charge in [0.1, 0.15) is 0 Å². The van der Waals surface area contributed by atoms with Crippen LogP contribution in [0.4, 0.5) is 4.39 Å². The van der Waals surface area contributed by atoms with Gasteiger partial charge in [-0.15, -0.1) is 0 Å². The minimum Gasteiger partial charge on any atom is -0.417 e. The lowest BCUT2D eigenvalue weighted by molar-refractivity contribution is 0.275. The van der Waals surface area contributed by atoms with Crippen LogP contribution in [-0.4, -0.2) is 22.1 Å². The molecule has 1 aliphatic rings. The first-order valence-corrected chi connectivity index (χ1v) is 6.84. The van der Waals surface area contributed by atoms with Gasteiger partial charge >= 0.3 is 0 Å². The Labute approximate surface area is 63.7 Å². The van der Waals surface area contributed by atoms with Crippen LogP contribution in [-0.2, 0) is 4.43 Å². The minimum atomic E-state index is -1.09. The first kappa shape index (κ1) is 10.1. The van der Waals surface area contributed by atoms with Crippen molar-refractivity contribution in [3.63, 3.8) is 0 Å². The van der Waals surface area contributed by atoms with E-state index in [-0.39, 0.29) is 0 Å². The molecule has 10 heavy (non-hydrogen) atoms. The molecule has 62 valence electrons. The van der Waals surface area contributed by atoms with Crippen molar-refractivity contribution in [2.24, 2.45) is 0 Å². The molecule has 0 aromatic heterocycles. The average Bonchev–Trinajstić information content (AvgIpc) is 1.92. The third kappa shape index (κ3) is 4.01. The van der Waals surface area contributed by atoms with Crippen LogP contribution < -0.4 is 0 Å². The zero-order valence-electron chi connectivity index (χ0n) is 7.11. The molecule has 0 bridgehead atoms. The highest BCUT2D eigenvalue weighted by molar-refractivity contribution is 6.71. The Balaban J connectivity index is 0.000000371. The maximum atomic E-state index is 9.50. The van der Waals surface area contributed by atoms with Gasteiger partial charge in [0.2, 0.25) is 0 Å². The normalized spacial score (nSPS) is 22.8. The summed E-state index contributed by atoms with van der Waals surface area (Å²) in [4.78, 5) is 0. The first-order valence-electron chi connectivity index (χ1n) is 3.72. The predicted molar refractivity (Wildman–Crippen MR) is 44.5 cm³/mol. The van der Waals surface area contributed by atoms with Gasteiger partial charge in [0.15, 0.2) is 8.32 Å². The van der Waals surface area contributed by atoms with Crippen molar-refractivity contribution in [1.29, 1.82) is 0 Å². The van der Waals surface area contributed by atoms with E-state index in [9.17, 15) is 4.39 Å². The number of alkyl halides is 1. The molecule has 0 unspecified atom stereocenters. The molecule has 1 heterocycles. The lowest BCUT2D eigenvalue weighted by Crippen LogP contribution is -2.33. The van der Waals surface area contributed by atoms with Crippen LogP contribution in [0.15, 0.2) is 0 Å². The number of hydrogen-bond donors (Lipinski definition) is 0. The summed E-state index contributed by atoms with van der Waals surface area (Å²) in [6.07, 6.45) is 2.69. The molecule has 0 amide bonds. The van der Waals surface area contributed by atoms with Crippen molar-refractivity contribution in [1.82, 2.24) is 0 Å². The first-order chi connectivity index (χ1) is 4.71. The van der Waals surface area contributed by atoms with Crippen LogP contribution >= 0.6 is 0 Å². The lowest BCUT2D eigenvalue weighted by Gasteiger charge is -2.27. The van der Waals surface area contributed by atoms with Crippen molar-refractivity contribution >= 4 is 8.32 Å². The van der Waals surface area contributed by atoms with Gasteiger partial charge < -0.3 is 4.43 Å². The average molecular weight is 164 g/mol. The SMILES string of the molecule is CF.C[Si]1(C)CCCCO1. The fourth-order valence-electron chi connectivity index (χ4n) is 1.07. The second kappa shape index (κ2) is 4.85. The van der Waals surface area contributed by atoms with E-state index in [1.165, 1.54) is 18.9 Å². The quantitative estimate of drug-likeness (QED) is 0.500. The topological polar surface area (TPSA) is 9.23 Å². The molecular weight excluding hydrogens is 147 g/mol. The van der Waals surface area contributed by atoms with E-state index < -0.39 is 8.32 Å². The minimum absolute atomic E-state index is 0.500. The molecule has 1 rings (SSSR count). The molecule has 0 atom stereocenters. The van der Waals surface area contributed by atoms with Gasteiger partial charge in [-0.3, -0.25) is 4.39 Å². The molecule has 0 aliphatic carbocycles. The van der Waals surface area contributed by atoms with Gasteiger partial charge in [0, 0.05) is 6.61 Å². The maximum absolute atomic E-state index is 9.50. The molecule has 0 aromatic carbocycles. The summed E-state index contributed by atoms with van der Waals surface area (Å²) in [6, 6.07) is 1.37. The lowest BCUT2D eigenvalue weighted by atomic mass is 10.4. The highest BCUT2D eigenvalue weighted by atomic mass is 28.4. The number of rotatable bonds is 0. The molecule has 0 spiro atoms. The van der Waals surface area contributed by atoms with Crippen LogP contribution in [0, 0.1) is 0 Å². The van der Waals surface area contributed by atoms with Crippen molar-refractivity contribution in [3.8, 4) is 0 Å². The highest BCUT2D eigenvalue weighted by Crippen LogP contribution is 2.20. The Morgan fingerprint density at radius 3 is 2.00 bits per heavy atom. The zero-order chi connectivity index (χ0) is 8.04. The summed E-state index contributed by atoms with van der Waals surface area (Å²) in [5, 5.41) is 0. The van der Waals surface area contributed by atoms with Crippen LogP contribution in [0.3, 0.4) is 0 Å². The van der Waals surface area contributed by atoms with E-state index in [0.29, 0.717) is 7.18 Å². The molecule has 0 aromatic rings. The zero-order valence-corrected chi connectivity index (χ0v) is 8.11. The number of hydrogen-bond acceptors (Lipinski definition) is 1. The molecule has 1 nitrogen and oxygen atoms in total. The molecule has 1 fully saturated rings. The largest absolute Gasteiger partial charge is 0.417 e. The van der Waals surface area contributed by atoms with Gasteiger partial charge in [0.25, 0.3) is 0 Å². The van der Waals surface area contributed by atoms with Crippen molar-refractivity contribution < 1.29 is 8.82 Å². The molecule has 3 heteroatoms.